The minimum Gasteiger partial charge on any atom is -0.490 e. The molecule has 1 saturated carbocycles. The van der Waals surface area contributed by atoms with Gasteiger partial charge in [-0.1, -0.05) is 108 Å². The van der Waals surface area contributed by atoms with Gasteiger partial charge in [0.25, 0.3) is 0 Å². The molecule has 0 unspecified atom stereocenters. The Kier molecular flexibility index (Phi) is 12.2. The number of halogens is 3. The van der Waals surface area contributed by atoms with Gasteiger partial charge >= 0.3 is 0 Å². The Morgan fingerprint density at radius 2 is 1.24 bits per heavy atom. The van der Waals surface area contributed by atoms with Crippen LogP contribution in [0, 0.1) is 23.4 Å². The normalized spacial score (nSPS) is 17.1. The number of ether oxygens (including phenoxy) is 1. The Hall–Kier alpha value is -2.75. The van der Waals surface area contributed by atoms with Gasteiger partial charge in [-0.2, -0.15) is 4.39 Å². The van der Waals surface area contributed by atoms with Gasteiger partial charge in [-0.05, 0) is 78.8 Å². The van der Waals surface area contributed by atoms with Crippen LogP contribution in [0.3, 0.4) is 0 Å². The zero-order valence-electron chi connectivity index (χ0n) is 25.0. The van der Waals surface area contributed by atoms with E-state index in [-0.39, 0.29) is 17.1 Å². The first-order chi connectivity index (χ1) is 20.0. The van der Waals surface area contributed by atoms with E-state index >= 15 is 4.39 Å². The summed E-state index contributed by atoms with van der Waals surface area (Å²) in [6.45, 7) is 4.75. The van der Waals surface area contributed by atoms with E-state index in [1.54, 1.807) is 36.4 Å². The maximum absolute atomic E-state index is 15.3. The van der Waals surface area contributed by atoms with Gasteiger partial charge in [0.1, 0.15) is 5.82 Å². The van der Waals surface area contributed by atoms with Gasteiger partial charge in [-0.3, -0.25) is 0 Å². The first-order valence-electron chi connectivity index (χ1n) is 16.0. The Balaban J connectivity index is 1.34. The van der Waals surface area contributed by atoms with Gasteiger partial charge in [0.2, 0.25) is 5.82 Å². The van der Waals surface area contributed by atoms with Gasteiger partial charge in [-0.15, -0.1) is 0 Å². The Morgan fingerprint density at radius 3 is 1.90 bits per heavy atom. The average molecular weight is 565 g/mol. The van der Waals surface area contributed by atoms with Crippen LogP contribution >= 0.6 is 0 Å². The maximum atomic E-state index is 15.3. The minimum atomic E-state index is -0.968. The SMILES string of the molecule is CCCCCCCC1CCC(c2ccc(-c3ccc(-c4ccc(OCCCCCC)c(F)c4F)cc3)c(F)c2)CC1. The second-order valence-corrected chi connectivity index (χ2v) is 11.9. The highest BCUT2D eigenvalue weighted by Crippen LogP contribution is 2.39. The average Bonchev–Trinajstić information content (AvgIpc) is 2.99. The molecule has 0 aliphatic heterocycles. The monoisotopic (exact) mass is 564 g/mol. The third-order valence-electron chi connectivity index (χ3n) is 8.84. The van der Waals surface area contributed by atoms with E-state index in [0.717, 1.165) is 55.6 Å². The molecule has 0 aromatic heterocycles. The van der Waals surface area contributed by atoms with E-state index in [0.29, 0.717) is 23.7 Å². The van der Waals surface area contributed by atoms with Crippen molar-refractivity contribution in [1.29, 1.82) is 0 Å². The maximum Gasteiger partial charge on any atom is 0.201 e. The summed E-state index contributed by atoms with van der Waals surface area (Å²) in [5.41, 5.74) is 3.05. The van der Waals surface area contributed by atoms with Crippen molar-refractivity contribution in [2.75, 3.05) is 6.61 Å². The lowest BCUT2D eigenvalue weighted by molar-refractivity contribution is 0.285. The molecule has 41 heavy (non-hydrogen) atoms. The molecule has 1 fully saturated rings. The van der Waals surface area contributed by atoms with Crippen molar-refractivity contribution in [3.63, 3.8) is 0 Å². The number of unbranched alkanes of at least 4 members (excludes halogenated alkanes) is 7. The first-order valence-corrected chi connectivity index (χ1v) is 16.0. The molecule has 0 N–H and O–H groups in total. The summed E-state index contributed by atoms with van der Waals surface area (Å²) in [6.07, 6.45) is 16.8. The molecule has 1 aliphatic rings. The summed E-state index contributed by atoms with van der Waals surface area (Å²) >= 11 is 0. The number of hydrogen-bond acceptors (Lipinski definition) is 1. The molecule has 0 amide bonds. The van der Waals surface area contributed by atoms with Crippen LogP contribution < -0.4 is 4.74 Å². The molecular formula is C37H47F3O. The molecule has 222 valence electrons. The third-order valence-corrected chi connectivity index (χ3v) is 8.84. The van der Waals surface area contributed by atoms with E-state index in [2.05, 4.69) is 19.9 Å². The fraction of sp³-hybridized carbons (Fsp3) is 0.514. The van der Waals surface area contributed by atoms with Crippen molar-refractivity contribution >= 4 is 0 Å². The summed E-state index contributed by atoms with van der Waals surface area (Å²) in [4.78, 5) is 0. The summed E-state index contributed by atoms with van der Waals surface area (Å²) < 4.78 is 50.3. The molecule has 4 heteroatoms. The van der Waals surface area contributed by atoms with Crippen LogP contribution in [0.5, 0.6) is 5.75 Å². The molecule has 1 nitrogen and oxygen atoms in total. The van der Waals surface area contributed by atoms with E-state index in [9.17, 15) is 8.78 Å². The Bertz CT molecular complexity index is 1210. The second-order valence-electron chi connectivity index (χ2n) is 11.9. The van der Waals surface area contributed by atoms with Crippen LogP contribution in [0.4, 0.5) is 13.2 Å². The van der Waals surface area contributed by atoms with E-state index < -0.39 is 11.6 Å². The number of rotatable bonds is 15. The molecule has 3 aromatic rings. The molecule has 4 rings (SSSR count). The van der Waals surface area contributed by atoms with Crippen LogP contribution in [0.25, 0.3) is 22.3 Å². The minimum absolute atomic E-state index is 0.0579. The van der Waals surface area contributed by atoms with Gasteiger partial charge < -0.3 is 4.74 Å². The van der Waals surface area contributed by atoms with Gasteiger partial charge in [0.05, 0.1) is 6.61 Å². The fourth-order valence-electron chi connectivity index (χ4n) is 6.25. The standard InChI is InChI=1S/C37H47F3O/c1-3-5-7-9-10-12-27-13-15-28(16-14-27)31-21-22-32(34(38)26-31)29-17-19-30(20-18-29)33-23-24-35(37(40)36(33)39)41-25-11-8-6-4-2/h17-24,26-28H,3-16,25H2,1-2H3. The summed E-state index contributed by atoms with van der Waals surface area (Å²) in [5.74, 6) is -0.926. The van der Waals surface area contributed by atoms with Crippen molar-refractivity contribution < 1.29 is 17.9 Å². The predicted molar refractivity (Wildman–Crippen MR) is 165 cm³/mol. The lowest BCUT2D eigenvalue weighted by atomic mass is 9.77. The molecule has 0 saturated heterocycles. The lowest BCUT2D eigenvalue weighted by Crippen LogP contribution is -2.13. The van der Waals surface area contributed by atoms with Crippen molar-refractivity contribution in [3.05, 3.63) is 77.6 Å². The van der Waals surface area contributed by atoms with Crippen LogP contribution in [-0.2, 0) is 0 Å². The van der Waals surface area contributed by atoms with Crippen LogP contribution in [-0.4, -0.2) is 6.61 Å². The summed E-state index contributed by atoms with van der Waals surface area (Å²) in [6, 6.07) is 15.7. The fourth-order valence-corrected chi connectivity index (χ4v) is 6.25. The highest BCUT2D eigenvalue weighted by molar-refractivity contribution is 5.71. The van der Waals surface area contributed by atoms with Crippen LogP contribution in [0.2, 0.25) is 0 Å². The highest BCUT2D eigenvalue weighted by Gasteiger charge is 2.23. The van der Waals surface area contributed by atoms with E-state index in [1.807, 2.05) is 6.07 Å². The smallest absolute Gasteiger partial charge is 0.201 e. The summed E-state index contributed by atoms with van der Waals surface area (Å²) in [7, 11) is 0. The van der Waals surface area contributed by atoms with Crippen molar-refractivity contribution in [3.8, 4) is 28.0 Å². The van der Waals surface area contributed by atoms with Gasteiger partial charge in [0.15, 0.2) is 11.6 Å². The van der Waals surface area contributed by atoms with Crippen molar-refractivity contribution in [2.45, 2.75) is 110 Å². The largest absolute Gasteiger partial charge is 0.490 e. The number of benzene rings is 3. The summed E-state index contributed by atoms with van der Waals surface area (Å²) in [5, 5.41) is 0. The molecule has 0 bridgehead atoms. The third kappa shape index (κ3) is 8.63. The molecule has 0 atom stereocenters. The molecule has 0 spiro atoms. The molecule has 0 heterocycles. The van der Waals surface area contributed by atoms with Gasteiger partial charge in [0, 0.05) is 11.1 Å². The zero-order valence-corrected chi connectivity index (χ0v) is 25.0. The quantitative estimate of drug-likeness (QED) is 0.167. The van der Waals surface area contributed by atoms with Crippen LogP contribution in [0.15, 0.2) is 54.6 Å². The van der Waals surface area contributed by atoms with Crippen LogP contribution in [0.1, 0.15) is 115 Å². The zero-order chi connectivity index (χ0) is 29.0. The topological polar surface area (TPSA) is 9.23 Å². The van der Waals surface area contributed by atoms with E-state index in [4.69, 9.17) is 4.74 Å². The molecule has 0 radical (unpaired) electrons. The molecule has 1 aliphatic carbocycles. The second kappa shape index (κ2) is 16.0. The predicted octanol–water partition coefficient (Wildman–Crippen LogP) is 12.0. The molecule has 3 aromatic carbocycles. The Morgan fingerprint density at radius 1 is 0.634 bits per heavy atom. The number of hydrogen-bond donors (Lipinski definition) is 0. The lowest BCUT2D eigenvalue weighted by Gasteiger charge is -2.29. The van der Waals surface area contributed by atoms with E-state index in [1.165, 1.54) is 57.4 Å². The first kappa shape index (κ1) is 31.2. The van der Waals surface area contributed by atoms with Crippen molar-refractivity contribution in [1.82, 2.24) is 0 Å². The molecular weight excluding hydrogens is 517 g/mol. The Labute approximate surface area is 245 Å². The van der Waals surface area contributed by atoms with Gasteiger partial charge in [-0.25, -0.2) is 8.78 Å². The van der Waals surface area contributed by atoms with Crippen molar-refractivity contribution in [2.24, 2.45) is 5.92 Å². The highest BCUT2D eigenvalue weighted by atomic mass is 19.2.